The van der Waals surface area contributed by atoms with Crippen LogP contribution in [0.1, 0.15) is 35.2 Å². The standard InChI is InChI=1S/C31H31N7O2.ClH/c1-37(17-18-39)30(40)21-6-2-5-20(19-21)25-12-13-26-29(35-25)38(28(36-26)24-7-3-16-34-27(24)32)23-10-8-22(9-11-23)31(33)14-4-15-31;/h2-3,5-13,16,19,39H,4,14-15,17-18,33H2,1H3,(H2,32,34);1H. The number of carbonyl (C=O) groups is 1. The van der Waals surface area contributed by atoms with Crippen molar-refractivity contribution >= 4 is 35.3 Å². The molecule has 1 aliphatic carbocycles. The summed E-state index contributed by atoms with van der Waals surface area (Å²) in [5, 5.41) is 9.23. The first-order valence-corrected chi connectivity index (χ1v) is 13.3. The number of aliphatic hydroxyl groups is 1. The number of nitrogen functional groups attached to an aromatic ring is 1. The predicted octanol–water partition coefficient (Wildman–Crippen LogP) is 4.56. The Morgan fingerprint density at radius 3 is 2.51 bits per heavy atom. The Kier molecular flexibility index (Phi) is 7.77. The first kappa shape index (κ1) is 28.2. The molecule has 0 radical (unpaired) electrons. The molecule has 0 atom stereocenters. The van der Waals surface area contributed by atoms with Gasteiger partial charge in [-0.15, -0.1) is 12.4 Å². The van der Waals surface area contributed by atoms with Gasteiger partial charge in [0.15, 0.2) is 11.5 Å². The number of aliphatic hydroxyl groups excluding tert-OH is 1. The molecule has 1 saturated carbocycles. The number of likely N-dealkylation sites (N-methyl/N-ethyl adjacent to an activating group) is 1. The van der Waals surface area contributed by atoms with E-state index in [1.54, 1.807) is 19.3 Å². The second kappa shape index (κ2) is 11.3. The smallest absolute Gasteiger partial charge is 0.253 e. The molecule has 0 saturated heterocycles. The van der Waals surface area contributed by atoms with Crippen molar-refractivity contribution in [1.29, 1.82) is 0 Å². The molecule has 5 N–H and O–H groups in total. The molecule has 9 nitrogen and oxygen atoms in total. The highest BCUT2D eigenvalue weighted by molar-refractivity contribution is 5.95. The number of rotatable bonds is 7. The van der Waals surface area contributed by atoms with Crippen LogP contribution >= 0.6 is 12.4 Å². The number of benzene rings is 2. The van der Waals surface area contributed by atoms with Gasteiger partial charge in [-0.3, -0.25) is 9.36 Å². The van der Waals surface area contributed by atoms with Gasteiger partial charge in [-0.25, -0.2) is 15.0 Å². The topological polar surface area (TPSA) is 136 Å². The molecule has 0 spiro atoms. The predicted molar refractivity (Wildman–Crippen MR) is 163 cm³/mol. The van der Waals surface area contributed by atoms with Gasteiger partial charge in [0.25, 0.3) is 5.91 Å². The minimum absolute atomic E-state index is 0. The van der Waals surface area contributed by atoms with Crippen molar-refractivity contribution in [3.8, 4) is 28.3 Å². The molecule has 41 heavy (non-hydrogen) atoms. The first-order chi connectivity index (χ1) is 19.4. The lowest BCUT2D eigenvalue weighted by molar-refractivity contribution is 0.0767. The molecular weight excluding hydrogens is 538 g/mol. The van der Waals surface area contributed by atoms with Crippen molar-refractivity contribution in [3.63, 3.8) is 0 Å². The van der Waals surface area contributed by atoms with Crippen LogP contribution in [0.25, 0.3) is 39.5 Å². The number of amides is 1. The molecule has 1 amide bonds. The fourth-order valence-corrected chi connectivity index (χ4v) is 5.22. The van der Waals surface area contributed by atoms with Gasteiger partial charge in [-0.2, -0.15) is 0 Å². The van der Waals surface area contributed by atoms with E-state index in [2.05, 4.69) is 17.1 Å². The number of carbonyl (C=O) groups excluding carboxylic acids is 1. The van der Waals surface area contributed by atoms with E-state index in [1.165, 1.54) is 4.90 Å². The number of halogens is 1. The van der Waals surface area contributed by atoms with Gasteiger partial charge in [-0.05, 0) is 73.4 Å². The van der Waals surface area contributed by atoms with Gasteiger partial charge in [0.2, 0.25) is 0 Å². The first-order valence-electron chi connectivity index (χ1n) is 13.3. The number of nitrogens with zero attached hydrogens (tertiary/aromatic N) is 5. The van der Waals surface area contributed by atoms with Gasteiger partial charge in [-0.1, -0.05) is 24.3 Å². The fraction of sp³-hybridized carbons (Fsp3) is 0.226. The van der Waals surface area contributed by atoms with Crippen LogP contribution < -0.4 is 11.5 Å². The zero-order valence-electron chi connectivity index (χ0n) is 22.7. The SMILES string of the molecule is CN(CCO)C(=O)c1cccc(-c2ccc3nc(-c4cccnc4N)n(-c4ccc(C5(N)CCC5)cc4)c3n2)c1.Cl. The highest BCUT2D eigenvalue weighted by Crippen LogP contribution is 2.39. The lowest BCUT2D eigenvalue weighted by Gasteiger charge is -2.38. The summed E-state index contributed by atoms with van der Waals surface area (Å²) in [6.45, 7) is 0.165. The lowest BCUT2D eigenvalue weighted by Crippen LogP contribution is -2.43. The van der Waals surface area contributed by atoms with Crippen LogP contribution in [0.2, 0.25) is 0 Å². The maximum Gasteiger partial charge on any atom is 0.253 e. The van der Waals surface area contributed by atoms with Crippen molar-refractivity contribution in [2.75, 3.05) is 25.9 Å². The fourth-order valence-electron chi connectivity index (χ4n) is 5.22. The summed E-state index contributed by atoms with van der Waals surface area (Å²) >= 11 is 0. The Morgan fingerprint density at radius 1 is 1.05 bits per heavy atom. The van der Waals surface area contributed by atoms with Crippen molar-refractivity contribution in [1.82, 2.24) is 24.4 Å². The largest absolute Gasteiger partial charge is 0.395 e. The van der Waals surface area contributed by atoms with Crippen LogP contribution in [0.5, 0.6) is 0 Å². The molecular formula is C31H32ClN7O2. The van der Waals surface area contributed by atoms with Crippen LogP contribution in [0.3, 0.4) is 0 Å². The Labute approximate surface area is 244 Å². The van der Waals surface area contributed by atoms with Gasteiger partial charge in [0.05, 0.1) is 17.9 Å². The lowest BCUT2D eigenvalue weighted by atomic mass is 9.73. The van der Waals surface area contributed by atoms with E-state index in [9.17, 15) is 9.90 Å². The van der Waals surface area contributed by atoms with E-state index in [0.717, 1.165) is 36.1 Å². The van der Waals surface area contributed by atoms with E-state index in [1.807, 2.05) is 59.2 Å². The summed E-state index contributed by atoms with van der Waals surface area (Å²) in [6.07, 6.45) is 4.77. The highest BCUT2D eigenvalue weighted by atomic mass is 35.5. The summed E-state index contributed by atoms with van der Waals surface area (Å²) in [7, 11) is 1.67. The molecule has 0 unspecified atom stereocenters. The van der Waals surface area contributed by atoms with E-state index in [4.69, 9.17) is 21.4 Å². The number of aromatic nitrogens is 4. The van der Waals surface area contributed by atoms with Gasteiger partial charge < -0.3 is 21.5 Å². The van der Waals surface area contributed by atoms with Crippen LogP contribution in [-0.2, 0) is 5.54 Å². The molecule has 0 aliphatic heterocycles. The normalized spacial score (nSPS) is 13.8. The average molecular weight is 570 g/mol. The zero-order chi connectivity index (χ0) is 27.9. The molecule has 2 aromatic carbocycles. The summed E-state index contributed by atoms with van der Waals surface area (Å²) in [5.74, 6) is 0.851. The van der Waals surface area contributed by atoms with Crippen LogP contribution in [0.15, 0.2) is 79.0 Å². The third-order valence-electron chi connectivity index (χ3n) is 7.72. The Bertz CT molecular complexity index is 1710. The van der Waals surface area contributed by atoms with Gasteiger partial charge >= 0.3 is 0 Å². The second-order valence-electron chi connectivity index (χ2n) is 10.3. The zero-order valence-corrected chi connectivity index (χ0v) is 23.5. The Balaban J connectivity index is 0.00000337. The third kappa shape index (κ3) is 5.15. The monoisotopic (exact) mass is 569 g/mol. The minimum atomic E-state index is -0.259. The number of fused-ring (bicyclic) bond motifs is 1. The van der Waals surface area contributed by atoms with Gasteiger partial charge in [0.1, 0.15) is 11.3 Å². The minimum Gasteiger partial charge on any atom is -0.395 e. The molecule has 1 aliphatic rings. The van der Waals surface area contributed by atoms with E-state index < -0.39 is 0 Å². The highest BCUT2D eigenvalue weighted by Gasteiger charge is 2.34. The van der Waals surface area contributed by atoms with E-state index in [0.29, 0.717) is 39.6 Å². The average Bonchev–Trinajstić information content (AvgIpc) is 3.34. The summed E-state index contributed by atoms with van der Waals surface area (Å²) in [6, 6.07) is 23.2. The van der Waals surface area contributed by atoms with Crippen LogP contribution in [0.4, 0.5) is 5.82 Å². The van der Waals surface area contributed by atoms with Crippen LogP contribution in [0, 0.1) is 0 Å². The Hall–Kier alpha value is -4.31. The Morgan fingerprint density at radius 2 is 1.83 bits per heavy atom. The van der Waals surface area contributed by atoms with E-state index >= 15 is 0 Å². The molecule has 1 fully saturated rings. The summed E-state index contributed by atoms with van der Waals surface area (Å²) in [4.78, 5) is 28.6. The third-order valence-corrected chi connectivity index (χ3v) is 7.72. The van der Waals surface area contributed by atoms with Crippen molar-refractivity contribution in [3.05, 3.63) is 90.1 Å². The van der Waals surface area contributed by atoms with Crippen LogP contribution in [-0.4, -0.2) is 55.6 Å². The van der Waals surface area contributed by atoms with Gasteiger partial charge in [0, 0.05) is 42.1 Å². The maximum absolute atomic E-state index is 12.8. The number of imidazole rings is 1. The second-order valence-corrected chi connectivity index (χ2v) is 10.3. The van der Waals surface area contributed by atoms with Crippen molar-refractivity contribution in [2.24, 2.45) is 5.73 Å². The van der Waals surface area contributed by atoms with Crippen molar-refractivity contribution < 1.29 is 9.90 Å². The quantitative estimate of drug-likeness (QED) is 0.261. The number of hydrogen-bond donors (Lipinski definition) is 3. The number of hydrogen-bond acceptors (Lipinski definition) is 7. The number of nitrogens with two attached hydrogens (primary N) is 2. The molecule has 3 heterocycles. The molecule has 3 aromatic heterocycles. The van der Waals surface area contributed by atoms with Crippen molar-refractivity contribution in [2.45, 2.75) is 24.8 Å². The number of pyridine rings is 2. The number of anilines is 1. The molecule has 210 valence electrons. The molecule has 5 aromatic rings. The maximum atomic E-state index is 12.8. The molecule has 10 heteroatoms. The summed E-state index contributed by atoms with van der Waals surface area (Å²) in [5.41, 5.74) is 18.7. The molecule has 0 bridgehead atoms. The van der Waals surface area contributed by atoms with E-state index in [-0.39, 0.29) is 37.0 Å². The molecule has 6 rings (SSSR count). The summed E-state index contributed by atoms with van der Waals surface area (Å²) < 4.78 is 1.99.